The lowest BCUT2D eigenvalue weighted by Crippen LogP contribution is -2.45. The summed E-state index contributed by atoms with van der Waals surface area (Å²) in [5.41, 5.74) is 4.27. The van der Waals surface area contributed by atoms with Crippen molar-refractivity contribution >= 4 is 10.9 Å². The summed E-state index contributed by atoms with van der Waals surface area (Å²) in [6, 6.07) is 19.0. The molecular weight excluding hydrogens is 310 g/mol. The Hall–Kier alpha value is -2.43. The molecule has 0 bridgehead atoms. The molecule has 25 heavy (non-hydrogen) atoms. The predicted molar refractivity (Wildman–Crippen MR) is 102 cm³/mol. The number of piperazine rings is 1. The quantitative estimate of drug-likeness (QED) is 0.775. The van der Waals surface area contributed by atoms with E-state index in [1.807, 2.05) is 24.3 Å². The molecule has 3 aromatic rings. The van der Waals surface area contributed by atoms with E-state index in [0.29, 0.717) is 12.6 Å². The number of nitrogens with zero attached hydrogens (tertiary/aromatic N) is 1. The van der Waals surface area contributed by atoms with Gasteiger partial charge < -0.3 is 10.3 Å². The van der Waals surface area contributed by atoms with Gasteiger partial charge in [-0.1, -0.05) is 42.0 Å². The number of rotatable bonds is 3. The number of aromatic nitrogens is 1. The van der Waals surface area contributed by atoms with Gasteiger partial charge in [-0.3, -0.25) is 9.69 Å². The smallest absolute Gasteiger partial charge is 0.252 e. The third-order valence-electron chi connectivity index (χ3n) is 4.93. The van der Waals surface area contributed by atoms with Crippen molar-refractivity contribution in [2.45, 2.75) is 19.5 Å². The molecule has 4 rings (SSSR count). The minimum atomic E-state index is 0.0196. The highest BCUT2D eigenvalue weighted by Gasteiger charge is 2.21. The van der Waals surface area contributed by atoms with E-state index in [1.165, 1.54) is 11.1 Å². The molecule has 0 radical (unpaired) electrons. The second-order valence-corrected chi connectivity index (χ2v) is 6.87. The van der Waals surface area contributed by atoms with Gasteiger partial charge in [0.1, 0.15) is 0 Å². The van der Waals surface area contributed by atoms with Gasteiger partial charge >= 0.3 is 0 Å². The van der Waals surface area contributed by atoms with Gasteiger partial charge in [0.25, 0.3) is 5.56 Å². The van der Waals surface area contributed by atoms with E-state index in [1.54, 1.807) is 0 Å². The van der Waals surface area contributed by atoms with Crippen LogP contribution in [0, 0.1) is 6.92 Å². The Kier molecular flexibility index (Phi) is 4.38. The fourth-order valence-corrected chi connectivity index (χ4v) is 3.59. The van der Waals surface area contributed by atoms with Crippen LogP contribution >= 0.6 is 0 Å². The molecule has 2 N–H and O–H groups in total. The second kappa shape index (κ2) is 6.82. The van der Waals surface area contributed by atoms with Gasteiger partial charge in [-0.25, -0.2) is 0 Å². The summed E-state index contributed by atoms with van der Waals surface area (Å²) in [7, 11) is 0. The highest BCUT2D eigenvalue weighted by Crippen LogP contribution is 2.19. The van der Waals surface area contributed by atoms with Gasteiger partial charge in [-0.2, -0.15) is 0 Å². The first kappa shape index (κ1) is 16.1. The van der Waals surface area contributed by atoms with E-state index in [-0.39, 0.29) is 5.56 Å². The Bertz CT molecular complexity index is 933. The van der Waals surface area contributed by atoms with Crippen molar-refractivity contribution in [2.24, 2.45) is 0 Å². The number of H-pyrrole nitrogens is 1. The van der Waals surface area contributed by atoms with Crippen LogP contribution in [0.4, 0.5) is 0 Å². The number of pyridine rings is 1. The lowest BCUT2D eigenvalue weighted by Gasteiger charge is -2.33. The highest BCUT2D eigenvalue weighted by atomic mass is 16.1. The third-order valence-corrected chi connectivity index (χ3v) is 4.93. The number of aryl methyl sites for hydroxylation is 1. The van der Waals surface area contributed by atoms with Crippen LogP contribution in [0.15, 0.2) is 59.4 Å². The standard InChI is InChI=1S/C21H23N3O/c1-15-7-8-19-17(11-15)12-18(21(25)23-19)13-24-10-9-22-20(14-24)16-5-3-2-4-6-16/h2-8,11-12,20,22H,9-10,13-14H2,1H3,(H,23,25)/t20-/m0/s1. The van der Waals surface area contributed by atoms with E-state index in [9.17, 15) is 4.79 Å². The fraction of sp³-hybridized carbons (Fsp3) is 0.286. The molecule has 2 aromatic carbocycles. The van der Waals surface area contributed by atoms with Crippen molar-refractivity contribution in [2.75, 3.05) is 19.6 Å². The zero-order chi connectivity index (χ0) is 17.2. The number of hydrogen-bond donors (Lipinski definition) is 2. The number of benzene rings is 2. The fourth-order valence-electron chi connectivity index (χ4n) is 3.59. The van der Waals surface area contributed by atoms with Gasteiger partial charge in [0.15, 0.2) is 0 Å². The molecule has 0 saturated carbocycles. The summed E-state index contributed by atoms with van der Waals surface area (Å²) in [6.07, 6.45) is 0. The van der Waals surface area contributed by atoms with Crippen LogP contribution in [0.1, 0.15) is 22.7 Å². The molecule has 0 unspecified atom stereocenters. The molecule has 1 saturated heterocycles. The first-order valence-corrected chi connectivity index (χ1v) is 8.82. The molecule has 4 nitrogen and oxygen atoms in total. The van der Waals surface area contributed by atoms with Gasteiger partial charge in [0.05, 0.1) is 0 Å². The van der Waals surface area contributed by atoms with Gasteiger partial charge in [0.2, 0.25) is 0 Å². The van der Waals surface area contributed by atoms with Crippen molar-refractivity contribution in [1.82, 2.24) is 15.2 Å². The van der Waals surface area contributed by atoms with Crippen LogP contribution in [-0.2, 0) is 6.54 Å². The maximum atomic E-state index is 12.4. The van der Waals surface area contributed by atoms with Crippen molar-refractivity contribution in [3.63, 3.8) is 0 Å². The monoisotopic (exact) mass is 333 g/mol. The predicted octanol–water partition coefficient (Wildman–Crippen LogP) is 2.98. The van der Waals surface area contributed by atoms with Crippen molar-refractivity contribution in [1.29, 1.82) is 0 Å². The Balaban J connectivity index is 1.56. The van der Waals surface area contributed by atoms with Crippen molar-refractivity contribution in [3.8, 4) is 0 Å². The van der Waals surface area contributed by atoms with E-state index >= 15 is 0 Å². The van der Waals surface area contributed by atoms with Gasteiger partial charge in [-0.05, 0) is 36.1 Å². The molecule has 0 aliphatic carbocycles. The second-order valence-electron chi connectivity index (χ2n) is 6.87. The minimum Gasteiger partial charge on any atom is -0.322 e. The van der Waals surface area contributed by atoms with Gasteiger partial charge in [0, 0.05) is 43.3 Å². The average Bonchev–Trinajstić information content (AvgIpc) is 2.64. The van der Waals surface area contributed by atoms with Crippen LogP contribution in [0.3, 0.4) is 0 Å². The molecule has 1 atom stereocenters. The van der Waals surface area contributed by atoms with Crippen LogP contribution in [0.5, 0.6) is 0 Å². The molecule has 0 amide bonds. The van der Waals surface area contributed by atoms with E-state index in [0.717, 1.165) is 36.1 Å². The molecular formula is C21H23N3O. The Morgan fingerprint density at radius 3 is 2.80 bits per heavy atom. The van der Waals surface area contributed by atoms with Crippen molar-refractivity contribution < 1.29 is 0 Å². The Morgan fingerprint density at radius 1 is 1.12 bits per heavy atom. The molecule has 4 heteroatoms. The zero-order valence-electron chi connectivity index (χ0n) is 14.5. The molecule has 1 aliphatic rings. The minimum absolute atomic E-state index is 0.0196. The summed E-state index contributed by atoms with van der Waals surface area (Å²) < 4.78 is 0. The maximum absolute atomic E-state index is 12.4. The lowest BCUT2D eigenvalue weighted by molar-refractivity contribution is 0.192. The molecule has 0 spiro atoms. The zero-order valence-corrected chi connectivity index (χ0v) is 14.5. The molecule has 2 heterocycles. The number of fused-ring (bicyclic) bond motifs is 1. The van der Waals surface area contributed by atoms with E-state index in [2.05, 4.69) is 52.5 Å². The van der Waals surface area contributed by atoms with Crippen LogP contribution in [0.25, 0.3) is 10.9 Å². The van der Waals surface area contributed by atoms with E-state index in [4.69, 9.17) is 0 Å². The largest absolute Gasteiger partial charge is 0.322 e. The summed E-state index contributed by atoms with van der Waals surface area (Å²) in [4.78, 5) is 17.8. The third kappa shape index (κ3) is 3.50. The molecule has 1 aliphatic heterocycles. The molecule has 1 fully saturated rings. The van der Waals surface area contributed by atoms with Crippen molar-refractivity contribution in [3.05, 3.63) is 81.6 Å². The maximum Gasteiger partial charge on any atom is 0.252 e. The molecule has 128 valence electrons. The summed E-state index contributed by atoms with van der Waals surface area (Å²) in [6.45, 7) is 5.56. The number of hydrogen-bond acceptors (Lipinski definition) is 3. The van der Waals surface area contributed by atoms with Crippen LogP contribution in [0.2, 0.25) is 0 Å². The summed E-state index contributed by atoms with van der Waals surface area (Å²) in [5.74, 6) is 0. The number of nitrogens with one attached hydrogen (secondary N) is 2. The Labute approximate surface area is 147 Å². The normalized spacial score (nSPS) is 18.5. The first-order chi connectivity index (χ1) is 12.2. The molecule has 1 aromatic heterocycles. The van der Waals surface area contributed by atoms with Crippen LogP contribution in [-0.4, -0.2) is 29.5 Å². The summed E-state index contributed by atoms with van der Waals surface area (Å²) >= 11 is 0. The average molecular weight is 333 g/mol. The highest BCUT2D eigenvalue weighted by molar-refractivity contribution is 5.79. The summed E-state index contributed by atoms with van der Waals surface area (Å²) in [5, 5.41) is 4.68. The number of aromatic amines is 1. The SMILES string of the molecule is Cc1ccc2[nH]c(=O)c(CN3CCN[C@H](c4ccccc4)C3)cc2c1. The lowest BCUT2D eigenvalue weighted by atomic mass is 10.0. The van der Waals surface area contributed by atoms with E-state index < -0.39 is 0 Å². The van der Waals surface area contributed by atoms with Gasteiger partial charge in [-0.15, -0.1) is 0 Å². The topological polar surface area (TPSA) is 48.1 Å². The first-order valence-electron chi connectivity index (χ1n) is 8.82. The Morgan fingerprint density at radius 2 is 1.96 bits per heavy atom. The van der Waals surface area contributed by atoms with Crippen LogP contribution < -0.4 is 10.9 Å².